The van der Waals surface area contributed by atoms with Crippen LogP contribution in [-0.4, -0.2) is 36.4 Å². The Hall–Kier alpha value is -2.02. The summed E-state index contributed by atoms with van der Waals surface area (Å²) < 4.78 is 12.9. The minimum absolute atomic E-state index is 0.00477. The molecule has 0 heterocycles. The van der Waals surface area contributed by atoms with Crippen molar-refractivity contribution in [1.29, 1.82) is 0 Å². The standard InChI is InChI=1S/C11H14FN3O3/c1-14(2)6-5-11(16)13-9-4-3-8(12)7-10(9)15(17)18/h3-4,7H,5-6H2,1-2H3,(H,13,16). The van der Waals surface area contributed by atoms with E-state index in [0.29, 0.717) is 6.54 Å². The van der Waals surface area contributed by atoms with Gasteiger partial charge in [-0.1, -0.05) is 0 Å². The molecular weight excluding hydrogens is 241 g/mol. The fraction of sp³-hybridized carbons (Fsp3) is 0.364. The van der Waals surface area contributed by atoms with Crippen molar-refractivity contribution in [2.24, 2.45) is 0 Å². The molecule has 0 atom stereocenters. The van der Waals surface area contributed by atoms with E-state index in [1.165, 1.54) is 6.07 Å². The van der Waals surface area contributed by atoms with Crippen LogP contribution in [0.25, 0.3) is 0 Å². The fourth-order valence-corrected chi connectivity index (χ4v) is 1.30. The van der Waals surface area contributed by atoms with Crippen molar-refractivity contribution in [3.63, 3.8) is 0 Å². The Morgan fingerprint density at radius 1 is 1.50 bits per heavy atom. The van der Waals surface area contributed by atoms with Crippen LogP contribution in [0.4, 0.5) is 15.8 Å². The third kappa shape index (κ3) is 4.10. The van der Waals surface area contributed by atoms with Crippen LogP contribution in [0.1, 0.15) is 6.42 Å². The van der Waals surface area contributed by atoms with Gasteiger partial charge >= 0.3 is 0 Å². The molecule has 1 amide bonds. The van der Waals surface area contributed by atoms with E-state index >= 15 is 0 Å². The zero-order valence-electron chi connectivity index (χ0n) is 10.1. The first kappa shape index (κ1) is 14.0. The van der Waals surface area contributed by atoms with Crippen molar-refractivity contribution < 1.29 is 14.1 Å². The molecule has 0 bridgehead atoms. The van der Waals surface area contributed by atoms with Gasteiger partial charge < -0.3 is 10.2 Å². The highest BCUT2D eigenvalue weighted by Gasteiger charge is 2.16. The van der Waals surface area contributed by atoms with E-state index < -0.39 is 16.4 Å². The van der Waals surface area contributed by atoms with Crippen molar-refractivity contribution in [1.82, 2.24) is 4.90 Å². The van der Waals surface area contributed by atoms with E-state index in [1.54, 1.807) is 0 Å². The van der Waals surface area contributed by atoms with E-state index in [0.717, 1.165) is 12.1 Å². The second-order valence-electron chi connectivity index (χ2n) is 4.02. The predicted octanol–water partition coefficient (Wildman–Crippen LogP) is 1.62. The molecule has 0 saturated carbocycles. The first-order valence-corrected chi connectivity index (χ1v) is 5.28. The lowest BCUT2D eigenvalue weighted by Gasteiger charge is -2.09. The van der Waals surface area contributed by atoms with Crippen molar-refractivity contribution in [3.05, 3.63) is 34.1 Å². The molecule has 0 spiro atoms. The number of benzene rings is 1. The molecule has 0 fully saturated rings. The summed E-state index contributed by atoms with van der Waals surface area (Å²) in [5.74, 6) is -1.06. The quantitative estimate of drug-likeness (QED) is 0.640. The number of halogens is 1. The smallest absolute Gasteiger partial charge is 0.295 e. The van der Waals surface area contributed by atoms with Gasteiger partial charge in [-0.05, 0) is 26.2 Å². The van der Waals surface area contributed by atoms with E-state index in [9.17, 15) is 19.3 Å². The van der Waals surface area contributed by atoms with E-state index in [-0.39, 0.29) is 18.0 Å². The zero-order chi connectivity index (χ0) is 13.7. The summed E-state index contributed by atoms with van der Waals surface area (Å²) in [7, 11) is 3.63. The molecule has 98 valence electrons. The molecule has 0 radical (unpaired) electrons. The van der Waals surface area contributed by atoms with Gasteiger partial charge in [0.05, 0.1) is 11.0 Å². The van der Waals surface area contributed by atoms with Gasteiger partial charge in [-0.3, -0.25) is 14.9 Å². The normalized spacial score (nSPS) is 10.4. The number of anilines is 1. The lowest BCUT2D eigenvalue weighted by molar-refractivity contribution is -0.384. The average Bonchev–Trinajstić information content (AvgIpc) is 2.28. The van der Waals surface area contributed by atoms with Crippen molar-refractivity contribution in [2.45, 2.75) is 6.42 Å². The number of hydrogen-bond donors (Lipinski definition) is 1. The summed E-state index contributed by atoms with van der Waals surface area (Å²) in [6.07, 6.45) is 0.210. The Bertz CT molecular complexity index is 463. The first-order valence-electron chi connectivity index (χ1n) is 5.28. The highest BCUT2D eigenvalue weighted by molar-refractivity contribution is 5.93. The van der Waals surface area contributed by atoms with Crippen LogP contribution in [0.5, 0.6) is 0 Å². The number of carbonyl (C=O) groups excluding carboxylic acids is 1. The number of nitrogens with one attached hydrogen (secondary N) is 1. The SMILES string of the molecule is CN(C)CCC(=O)Nc1ccc(F)cc1[N+](=O)[O-]. The summed E-state index contributed by atoms with van der Waals surface area (Å²) in [6, 6.07) is 3.02. The molecule has 0 unspecified atom stereocenters. The molecule has 1 aromatic rings. The highest BCUT2D eigenvalue weighted by atomic mass is 19.1. The van der Waals surface area contributed by atoms with Crippen LogP contribution in [0.2, 0.25) is 0 Å². The molecule has 18 heavy (non-hydrogen) atoms. The minimum atomic E-state index is -0.732. The van der Waals surface area contributed by atoms with Gasteiger partial charge in [0, 0.05) is 13.0 Å². The lowest BCUT2D eigenvalue weighted by atomic mass is 10.2. The molecule has 6 nitrogen and oxygen atoms in total. The van der Waals surface area contributed by atoms with E-state index in [4.69, 9.17) is 0 Å². The summed E-state index contributed by atoms with van der Waals surface area (Å²) in [4.78, 5) is 23.3. The highest BCUT2D eigenvalue weighted by Crippen LogP contribution is 2.24. The third-order valence-electron chi connectivity index (χ3n) is 2.22. The maximum Gasteiger partial charge on any atom is 0.295 e. The number of nitrogens with zero attached hydrogens (tertiary/aromatic N) is 2. The molecular formula is C11H14FN3O3. The Morgan fingerprint density at radius 3 is 2.72 bits per heavy atom. The maximum absolute atomic E-state index is 12.9. The summed E-state index contributed by atoms with van der Waals surface area (Å²) in [5.41, 5.74) is -0.446. The lowest BCUT2D eigenvalue weighted by Crippen LogP contribution is -2.21. The summed E-state index contributed by atoms with van der Waals surface area (Å²) >= 11 is 0. The second-order valence-corrected chi connectivity index (χ2v) is 4.02. The van der Waals surface area contributed by atoms with Crippen LogP contribution in [-0.2, 0) is 4.79 Å². The topological polar surface area (TPSA) is 75.5 Å². The van der Waals surface area contributed by atoms with Gasteiger partial charge in [-0.15, -0.1) is 0 Å². The molecule has 1 N–H and O–H groups in total. The van der Waals surface area contributed by atoms with Gasteiger partial charge in [0.15, 0.2) is 0 Å². The average molecular weight is 255 g/mol. The van der Waals surface area contributed by atoms with Crippen LogP contribution >= 0.6 is 0 Å². The number of carbonyl (C=O) groups is 1. The van der Waals surface area contributed by atoms with Gasteiger partial charge in [0.25, 0.3) is 5.69 Å². The molecule has 1 rings (SSSR count). The fourth-order valence-electron chi connectivity index (χ4n) is 1.30. The van der Waals surface area contributed by atoms with E-state index in [2.05, 4.69) is 5.32 Å². The largest absolute Gasteiger partial charge is 0.320 e. The molecule has 0 aliphatic carbocycles. The van der Waals surface area contributed by atoms with Gasteiger partial charge in [0.2, 0.25) is 5.91 Å². The molecule has 0 saturated heterocycles. The first-order chi connectivity index (χ1) is 8.40. The Kier molecular flexibility index (Phi) is 4.73. The van der Waals surface area contributed by atoms with Crippen molar-refractivity contribution in [3.8, 4) is 0 Å². The summed E-state index contributed by atoms with van der Waals surface area (Å²) in [6.45, 7) is 0.529. The maximum atomic E-state index is 12.9. The van der Waals surface area contributed by atoms with Crippen molar-refractivity contribution in [2.75, 3.05) is 26.0 Å². The number of nitro groups is 1. The number of nitro benzene ring substituents is 1. The van der Waals surface area contributed by atoms with Crippen molar-refractivity contribution >= 4 is 17.3 Å². The van der Waals surface area contributed by atoms with Crippen LogP contribution in [0.3, 0.4) is 0 Å². The summed E-state index contributed by atoms with van der Waals surface area (Å²) in [5, 5.41) is 13.1. The molecule has 7 heteroatoms. The van der Waals surface area contributed by atoms with Crippen LogP contribution in [0, 0.1) is 15.9 Å². The number of hydrogen-bond acceptors (Lipinski definition) is 4. The second kappa shape index (κ2) is 6.06. The molecule has 0 aliphatic rings. The monoisotopic (exact) mass is 255 g/mol. The minimum Gasteiger partial charge on any atom is -0.320 e. The zero-order valence-corrected chi connectivity index (χ0v) is 10.1. The number of rotatable bonds is 5. The van der Waals surface area contributed by atoms with E-state index in [1.807, 2.05) is 19.0 Å². The van der Waals surface area contributed by atoms with Crippen LogP contribution < -0.4 is 5.32 Å². The molecule has 0 aromatic heterocycles. The van der Waals surface area contributed by atoms with Gasteiger partial charge in [0.1, 0.15) is 11.5 Å². The molecule has 0 aliphatic heterocycles. The predicted molar refractivity (Wildman–Crippen MR) is 64.9 cm³/mol. The van der Waals surface area contributed by atoms with Gasteiger partial charge in [-0.25, -0.2) is 4.39 Å². The Labute approximate surface area is 104 Å². The Morgan fingerprint density at radius 2 is 2.17 bits per heavy atom. The molecule has 1 aromatic carbocycles. The third-order valence-corrected chi connectivity index (χ3v) is 2.22. The van der Waals surface area contributed by atoms with Crippen LogP contribution in [0.15, 0.2) is 18.2 Å². The Balaban J connectivity index is 2.78. The van der Waals surface area contributed by atoms with Gasteiger partial charge in [-0.2, -0.15) is 0 Å². The number of amides is 1.